The van der Waals surface area contributed by atoms with Crippen LogP contribution in [-0.2, 0) is 17.6 Å². The first-order valence-electron chi connectivity index (χ1n) is 6.60. The Bertz CT molecular complexity index is 517. The molecule has 0 unspecified atom stereocenters. The van der Waals surface area contributed by atoms with Crippen LogP contribution < -0.4 is 5.32 Å². The van der Waals surface area contributed by atoms with Gasteiger partial charge in [0.1, 0.15) is 11.5 Å². The molecule has 0 aliphatic rings. The molecule has 0 spiro atoms. The molecule has 2 rings (SSSR count). The molecule has 3 heteroatoms. The lowest BCUT2D eigenvalue weighted by molar-refractivity contribution is -0.121. The predicted octanol–water partition coefficient (Wildman–Crippen LogP) is 2.88. The molecule has 0 saturated carbocycles. The molecule has 0 atom stereocenters. The van der Waals surface area contributed by atoms with Gasteiger partial charge in [-0.1, -0.05) is 30.3 Å². The minimum Gasteiger partial charge on any atom is -0.466 e. The molecule has 100 valence electrons. The second-order valence-electron chi connectivity index (χ2n) is 4.60. The zero-order valence-corrected chi connectivity index (χ0v) is 11.2. The summed E-state index contributed by atoms with van der Waals surface area (Å²) >= 11 is 0. The Labute approximate surface area is 113 Å². The molecule has 0 aliphatic heterocycles. The van der Waals surface area contributed by atoms with Gasteiger partial charge in [-0.2, -0.15) is 0 Å². The van der Waals surface area contributed by atoms with Crippen LogP contribution in [0, 0.1) is 6.92 Å². The zero-order valence-electron chi connectivity index (χ0n) is 11.2. The molecule has 0 bridgehead atoms. The van der Waals surface area contributed by atoms with Crippen LogP contribution in [0.3, 0.4) is 0 Å². The van der Waals surface area contributed by atoms with E-state index in [-0.39, 0.29) is 5.91 Å². The van der Waals surface area contributed by atoms with Crippen LogP contribution in [0.15, 0.2) is 46.9 Å². The molecule has 0 aliphatic carbocycles. The van der Waals surface area contributed by atoms with Gasteiger partial charge in [0.2, 0.25) is 5.91 Å². The molecule has 0 fully saturated rings. The molecule has 1 N–H and O–H groups in total. The molecular weight excluding hydrogens is 238 g/mol. The Hall–Kier alpha value is -2.03. The zero-order chi connectivity index (χ0) is 13.5. The van der Waals surface area contributed by atoms with Crippen LogP contribution in [0.5, 0.6) is 0 Å². The third-order valence-electron chi connectivity index (χ3n) is 2.97. The molecule has 1 amide bonds. The van der Waals surface area contributed by atoms with Crippen molar-refractivity contribution in [2.45, 2.75) is 26.2 Å². The van der Waals surface area contributed by atoms with Crippen molar-refractivity contribution in [1.29, 1.82) is 0 Å². The van der Waals surface area contributed by atoms with E-state index in [1.54, 1.807) is 0 Å². The summed E-state index contributed by atoms with van der Waals surface area (Å²) in [5.41, 5.74) is 1.24. The van der Waals surface area contributed by atoms with Crippen molar-refractivity contribution >= 4 is 5.91 Å². The Morgan fingerprint density at radius 1 is 1.11 bits per heavy atom. The summed E-state index contributed by atoms with van der Waals surface area (Å²) in [7, 11) is 0. The van der Waals surface area contributed by atoms with E-state index in [1.807, 2.05) is 37.3 Å². The quantitative estimate of drug-likeness (QED) is 0.864. The number of furan rings is 1. The number of rotatable bonds is 6. The maximum absolute atomic E-state index is 11.7. The van der Waals surface area contributed by atoms with Gasteiger partial charge in [-0.15, -0.1) is 0 Å². The highest BCUT2D eigenvalue weighted by molar-refractivity contribution is 5.76. The summed E-state index contributed by atoms with van der Waals surface area (Å²) in [5.74, 6) is 1.83. The minimum atomic E-state index is 0.0741. The topological polar surface area (TPSA) is 42.2 Å². The van der Waals surface area contributed by atoms with Crippen molar-refractivity contribution in [2.75, 3.05) is 6.54 Å². The predicted molar refractivity (Wildman–Crippen MR) is 74.9 cm³/mol. The second-order valence-corrected chi connectivity index (χ2v) is 4.60. The van der Waals surface area contributed by atoms with Crippen molar-refractivity contribution < 1.29 is 9.21 Å². The summed E-state index contributed by atoms with van der Waals surface area (Å²) in [5, 5.41) is 2.93. The molecule has 0 radical (unpaired) electrons. The average Bonchev–Trinajstić information content (AvgIpc) is 2.83. The maximum Gasteiger partial charge on any atom is 0.220 e. The Kier molecular flexibility index (Phi) is 4.78. The highest BCUT2D eigenvalue weighted by atomic mass is 16.3. The van der Waals surface area contributed by atoms with Gasteiger partial charge in [0.25, 0.3) is 0 Å². The summed E-state index contributed by atoms with van der Waals surface area (Å²) in [4.78, 5) is 11.7. The van der Waals surface area contributed by atoms with Crippen LogP contribution in [0.25, 0.3) is 0 Å². The van der Waals surface area contributed by atoms with E-state index in [0.717, 1.165) is 17.9 Å². The van der Waals surface area contributed by atoms with Crippen molar-refractivity contribution in [2.24, 2.45) is 0 Å². The smallest absolute Gasteiger partial charge is 0.220 e. The lowest BCUT2D eigenvalue weighted by atomic mass is 10.1. The van der Waals surface area contributed by atoms with Gasteiger partial charge in [-0.25, -0.2) is 0 Å². The number of hydrogen-bond acceptors (Lipinski definition) is 2. The fourth-order valence-corrected chi connectivity index (χ4v) is 1.94. The van der Waals surface area contributed by atoms with Crippen LogP contribution in [0.2, 0.25) is 0 Å². The highest BCUT2D eigenvalue weighted by Gasteiger charge is 2.04. The first kappa shape index (κ1) is 13.4. The number of benzene rings is 1. The van der Waals surface area contributed by atoms with Crippen LogP contribution >= 0.6 is 0 Å². The lowest BCUT2D eigenvalue weighted by Crippen LogP contribution is -2.25. The first-order valence-corrected chi connectivity index (χ1v) is 6.60. The van der Waals surface area contributed by atoms with Crippen molar-refractivity contribution in [3.05, 3.63) is 59.5 Å². The number of nitrogens with one attached hydrogen (secondary N) is 1. The average molecular weight is 257 g/mol. The fraction of sp³-hybridized carbons (Fsp3) is 0.312. The molecule has 1 aromatic carbocycles. The first-order chi connectivity index (χ1) is 9.24. The summed E-state index contributed by atoms with van der Waals surface area (Å²) in [6, 6.07) is 14.0. The van der Waals surface area contributed by atoms with E-state index >= 15 is 0 Å². The van der Waals surface area contributed by atoms with E-state index in [1.165, 1.54) is 5.56 Å². The van der Waals surface area contributed by atoms with Gasteiger partial charge < -0.3 is 9.73 Å². The Morgan fingerprint density at radius 3 is 2.58 bits per heavy atom. The fourth-order valence-electron chi connectivity index (χ4n) is 1.94. The van der Waals surface area contributed by atoms with Crippen molar-refractivity contribution in [3.63, 3.8) is 0 Å². The minimum absolute atomic E-state index is 0.0741. The molecule has 0 saturated heterocycles. The SMILES string of the molecule is Cc1ccc(CCC(=O)NCCc2ccccc2)o1. The second kappa shape index (κ2) is 6.78. The summed E-state index contributed by atoms with van der Waals surface area (Å²) < 4.78 is 5.43. The summed E-state index contributed by atoms with van der Waals surface area (Å²) in [6.07, 6.45) is 2.00. The van der Waals surface area contributed by atoms with Gasteiger partial charge in [-0.3, -0.25) is 4.79 Å². The van der Waals surface area contributed by atoms with Crippen molar-refractivity contribution in [1.82, 2.24) is 5.32 Å². The van der Waals surface area contributed by atoms with Gasteiger partial charge in [0.15, 0.2) is 0 Å². The molecule has 1 aromatic heterocycles. The standard InChI is InChI=1S/C16H19NO2/c1-13-7-8-15(19-13)9-10-16(18)17-12-11-14-5-3-2-4-6-14/h2-8H,9-12H2,1H3,(H,17,18). The molecule has 1 heterocycles. The highest BCUT2D eigenvalue weighted by Crippen LogP contribution is 2.08. The van der Waals surface area contributed by atoms with E-state index in [4.69, 9.17) is 4.42 Å². The normalized spacial score (nSPS) is 10.4. The van der Waals surface area contributed by atoms with Crippen LogP contribution in [0.1, 0.15) is 23.5 Å². The molecule has 3 nitrogen and oxygen atoms in total. The van der Waals surface area contributed by atoms with E-state index in [9.17, 15) is 4.79 Å². The number of hydrogen-bond donors (Lipinski definition) is 1. The summed E-state index contributed by atoms with van der Waals surface area (Å²) in [6.45, 7) is 2.59. The maximum atomic E-state index is 11.7. The third kappa shape index (κ3) is 4.62. The van der Waals surface area contributed by atoms with Gasteiger partial charge >= 0.3 is 0 Å². The number of carbonyl (C=O) groups is 1. The number of carbonyl (C=O) groups excluding carboxylic acids is 1. The third-order valence-corrected chi connectivity index (χ3v) is 2.97. The molecular formula is C16H19NO2. The lowest BCUT2D eigenvalue weighted by Gasteiger charge is -2.04. The Balaban J connectivity index is 1.65. The number of aryl methyl sites for hydroxylation is 2. The molecule has 19 heavy (non-hydrogen) atoms. The van der Waals surface area contributed by atoms with Gasteiger partial charge in [0.05, 0.1) is 0 Å². The van der Waals surface area contributed by atoms with Crippen LogP contribution in [0.4, 0.5) is 0 Å². The van der Waals surface area contributed by atoms with Gasteiger partial charge in [-0.05, 0) is 31.0 Å². The monoisotopic (exact) mass is 257 g/mol. The molecule has 2 aromatic rings. The van der Waals surface area contributed by atoms with E-state index in [2.05, 4.69) is 17.4 Å². The van der Waals surface area contributed by atoms with Crippen LogP contribution in [-0.4, -0.2) is 12.5 Å². The van der Waals surface area contributed by atoms with E-state index in [0.29, 0.717) is 19.4 Å². The largest absolute Gasteiger partial charge is 0.466 e. The number of amides is 1. The van der Waals surface area contributed by atoms with Gasteiger partial charge in [0, 0.05) is 19.4 Å². The Morgan fingerprint density at radius 2 is 1.89 bits per heavy atom. The van der Waals surface area contributed by atoms with E-state index < -0.39 is 0 Å². The van der Waals surface area contributed by atoms with Crippen molar-refractivity contribution in [3.8, 4) is 0 Å².